The first kappa shape index (κ1) is 18.6. The lowest BCUT2D eigenvalue weighted by atomic mass is 10.1. The maximum absolute atomic E-state index is 9.11. The summed E-state index contributed by atoms with van der Waals surface area (Å²) in [6.45, 7) is 0. The molecule has 0 amide bonds. The summed E-state index contributed by atoms with van der Waals surface area (Å²) in [7, 11) is 0. The summed E-state index contributed by atoms with van der Waals surface area (Å²) in [5, 5.41) is 18.2. The molecule has 0 heterocycles. The molecule has 0 radical (unpaired) electrons. The summed E-state index contributed by atoms with van der Waals surface area (Å²) in [5.74, 6) is 0.514. The summed E-state index contributed by atoms with van der Waals surface area (Å²) in [6, 6.07) is 34.7. The molecule has 2 nitrogen and oxygen atoms in total. The van der Waals surface area contributed by atoms with Gasteiger partial charge in [0.25, 0.3) is 0 Å². The predicted octanol–water partition coefficient (Wildman–Crippen LogP) is 6.60. The minimum absolute atomic E-state index is 0.257. The highest BCUT2D eigenvalue weighted by Crippen LogP contribution is 2.26. The van der Waals surface area contributed by atoms with Gasteiger partial charge in [-0.2, -0.15) is 0 Å². The van der Waals surface area contributed by atoms with Crippen LogP contribution in [0.25, 0.3) is 11.1 Å². The summed E-state index contributed by atoms with van der Waals surface area (Å²) >= 11 is 1.79. The van der Waals surface area contributed by atoms with E-state index < -0.39 is 0 Å². The van der Waals surface area contributed by atoms with Gasteiger partial charge < -0.3 is 10.2 Å². The highest BCUT2D eigenvalue weighted by Gasteiger charge is 1.97. The Morgan fingerprint density at radius 2 is 0.741 bits per heavy atom. The van der Waals surface area contributed by atoms with Gasteiger partial charge in [-0.15, -0.1) is 0 Å². The van der Waals surface area contributed by atoms with Gasteiger partial charge in [0.15, 0.2) is 0 Å². The molecule has 0 saturated carbocycles. The second kappa shape index (κ2) is 9.51. The summed E-state index contributed by atoms with van der Waals surface area (Å²) < 4.78 is 0. The highest BCUT2D eigenvalue weighted by molar-refractivity contribution is 7.99. The second-order valence-corrected chi connectivity index (χ2v) is 6.97. The van der Waals surface area contributed by atoms with E-state index in [-0.39, 0.29) is 11.5 Å². The largest absolute Gasteiger partial charge is 0.508 e. The van der Waals surface area contributed by atoms with Crippen LogP contribution < -0.4 is 0 Å². The Balaban J connectivity index is 0.000000156. The monoisotopic (exact) mass is 372 g/mol. The maximum Gasteiger partial charge on any atom is 0.115 e. The second-order valence-electron chi connectivity index (χ2n) is 5.82. The molecule has 4 rings (SSSR count). The van der Waals surface area contributed by atoms with Gasteiger partial charge in [0.05, 0.1) is 0 Å². The van der Waals surface area contributed by atoms with Gasteiger partial charge in [-0.3, -0.25) is 0 Å². The van der Waals surface area contributed by atoms with E-state index in [0.717, 1.165) is 11.1 Å². The average Bonchev–Trinajstić information content (AvgIpc) is 2.71. The zero-order chi connectivity index (χ0) is 18.9. The Morgan fingerprint density at radius 1 is 0.407 bits per heavy atom. The molecule has 0 saturated heterocycles. The first-order valence-corrected chi connectivity index (χ1v) is 9.39. The van der Waals surface area contributed by atoms with E-state index >= 15 is 0 Å². The highest BCUT2D eigenvalue weighted by atomic mass is 32.2. The van der Waals surface area contributed by atoms with Crippen LogP contribution in [0.3, 0.4) is 0 Å². The van der Waals surface area contributed by atoms with Crippen molar-refractivity contribution in [2.24, 2.45) is 0 Å². The van der Waals surface area contributed by atoms with Crippen LogP contribution in [0.15, 0.2) is 119 Å². The number of phenolic OH excluding ortho intramolecular Hbond substituents is 2. The van der Waals surface area contributed by atoms with E-state index in [1.54, 1.807) is 36.0 Å². The van der Waals surface area contributed by atoms with E-state index in [2.05, 4.69) is 48.5 Å². The molecule has 3 heteroatoms. The van der Waals surface area contributed by atoms with Gasteiger partial charge in [0.2, 0.25) is 0 Å². The third-order valence-corrected chi connectivity index (χ3v) is 4.81. The third-order valence-electron chi connectivity index (χ3n) is 3.79. The van der Waals surface area contributed by atoms with Crippen molar-refractivity contribution >= 4 is 11.8 Å². The van der Waals surface area contributed by atoms with E-state index in [0.29, 0.717) is 0 Å². The Bertz CT molecular complexity index is 854. The van der Waals surface area contributed by atoms with Crippen LogP contribution in [0.1, 0.15) is 0 Å². The van der Waals surface area contributed by atoms with Crippen molar-refractivity contribution in [1.82, 2.24) is 0 Å². The molecule has 0 bridgehead atoms. The van der Waals surface area contributed by atoms with Gasteiger partial charge in [-0.1, -0.05) is 72.4 Å². The molecule has 4 aromatic rings. The topological polar surface area (TPSA) is 40.5 Å². The average molecular weight is 372 g/mol. The molecule has 2 N–H and O–H groups in total. The van der Waals surface area contributed by atoms with Crippen LogP contribution in [0.4, 0.5) is 0 Å². The summed E-state index contributed by atoms with van der Waals surface area (Å²) in [4.78, 5) is 2.57. The van der Waals surface area contributed by atoms with Crippen molar-refractivity contribution in [1.29, 1.82) is 0 Å². The van der Waals surface area contributed by atoms with E-state index in [4.69, 9.17) is 10.2 Å². The Kier molecular flexibility index (Phi) is 6.55. The van der Waals surface area contributed by atoms with E-state index in [1.165, 1.54) is 9.79 Å². The summed E-state index contributed by atoms with van der Waals surface area (Å²) in [6.07, 6.45) is 0. The lowest BCUT2D eigenvalue weighted by Crippen LogP contribution is -1.75. The molecule has 0 aliphatic carbocycles. The van der Waals surface area contributed by atoms with Crippen LogP contribution in [-0.2, 0) is 0 Å². The molecule has 27 heavy (non-hydrogen) atoms. The summed E-state index contributed by atoms with van der Waals surface area (Å²) in [5.41, 5.74) is 2.03. The molecule has 0 aromatic heterocycles. The number of phenols is 2. The van der Waals surface area contributed by atoms with E-state index in [9.17, 15) is 0 Å². The maximum atomic E-state index is 9.11. The zero-order valence-corrected chi connectivity index (χ0v) is 15.5. The van der Waals surface area contributed by atoms with Crippen LogP contribution in [0.5, 0.6) is 11.5 Å². The fraction of sp³-hybridized carbons (Fsp3) is 0. The lowest BCUT2D eigenvalue weighted by molar-refractivity contribution is 0.474. The molecule has 0 aliphatic rings. The van der Waals surface area contributed by atoms with Crippen molar-refractivity contribution in [3.8, 4) is 22.6 Å². The SMILES string of the molecule is Oc1ccc(-c2ccc(O)cc2)cc1.c1ccc(Sc2ccccc2)cc1. The fourth-order valence-corrected chi connectivity index (χ4v) is 3.28. The number of hydrogen-bond acceptors (Lipinski definition) is 3. The molecule has 0 spiro atoms. The lowest BCUT2D eigenvalue weighted by Gasteiger charge is -2.01. The third kappa shape index (κ3) is 5.94. The molecule has 4 aromatic carbocycles. The number of aromatic hydroxyl groups is 2. The minimum atomic E-state index is 0.257. The normalized spacial score (nSPS) is 9.93. The first-order chi connectivity index (χ1) is 13.2. The van der Waals surface area contributed by atoms with Gasteiger partial charge in [-0.05, 0) is 59.7 Å². The smallest absolute Gasteiger partial charge is 0.115 e. The van der Waals surface area contributed by atoms with Crippen molar-refractivity contribution in [3.63, 3.8) is 0 Å². The van der Waals surface area contributed by atoms with Crippen molar-refractivity contribution < 1.29 is 10.2 Å². The van der Waals surface area contributed by atoms with E-state index in [1.807, 2.05) is 36.4 Å². The molecular formula is C24H20O2S. The van der Waals surface area contributed by atoms with Crippen LogP contribution in [0.2, 0.25) is 0 Å². The first-order valence-electron chi connectivity index (χ1n) is 8.57. The van der Waals surface area contributed by atoms with Crippen LogP contribution in [-0.4, -0.2) is 10.2 Å². The van der Waals surface area contributed by atoms with Crippen LogP contribution in [0, 0.1) is 0 Å². The molecule has 0 atom stereocenters. The Labute approximate surface area is 163 Å². The van der Waals surface area contributed by atoms with Gasteiger partial charge in [0.1, 0.15) is 11.5 Å². The van der Waals surface area contributed by atoms with Gasteiger partial charge in [0, 0.05) is 9.79 Å². The predicted molar refractivity (Wildman–Crippen MR) is 112 cm³/mol. The molecule has 134 valence electrons. The molecule has 0 fully saturated rings. The van der Waals surface area contributed by atoms with Crippen molar-refractivity contribution in [2.45, 2.75) is 9.79 Å². The molecular weight excluding hydrogens is 352 g/mol. The number of benzene rings is 4. The quantitative estimate of drug-likeness (QED) is 0.425. The van der Waals surface area contributed by atoms with Gasteiger partial charge in [-0.25, -0.2) is 0 Å². The van der Waals surface area contributed by atoms with Crippen LogP contribution >= 0.6 is 11.8 Å². The Hall–Kier alpha value is -3.17. The minimum Gasteiger partial charge on any atom is -0.508 e. The Morgan fingerprint density at radius 3 is 1.07 bits per heavy atom. The van der Waals surface area contributed by atoms with Crippen molar-refractivity contribution in [3.05, 3.63) is 109 Å². The van der Waals surface area contributed by atoms with Gasteiger partial charge >= 0.3 is 0 Å². The fourth-order valence-electron chi connectivity index (χ4n) is 2.42. The number of hydrogen-bond donors (Lipinski definition) is 2. The van der Waals surface area contributed by atoms with Crippen molar-refractivity contribution in [2.75, 3.05) is 0 Å². The zero-order valence-electron chi connectivity index (χ0n) is 14.7. The molecule has 0 unspecified atom stereocenters. The number of rotatable bonds is 3. The molecule has 0 aliphatic heterocycles. The standard InChI is InChI=1S/C12H10O2.C12H10S/c13-11-5-1-9(2-6-11)10-3-7-12(14)8-4-10;1-3-7-11(8-4-1)13-12-9-5-2-6-10-12/h1-8,13-14H;1-10H.